The second-order valence-corrected chi connectivity index (χ2v) is 6.27. The van der Waals surface area contributed by atoms with E-state index in [2.05, 4.69) is 20.7 Å². The van der Waals surface area contributed by atoms with Gasteiger partial charge in [-0.15, -0.1) is 5.10 Å². The molecule has 0 aliphatic carbocycles. The fraction of sp³-hybridized carbons (Fsp3) is 0.0588. The molecule has 1 unspecified atom stereocenters. The molecule has 3 rings (SSSR count). The smallest absolute Gasteiger partial charge is 0.248 e. The van der Waals surface area contributed by atoms with Crippen molar-refractivity contribution in [3.8, 4) is 0 Å². The van der Waals surface area contributed by atoms with Gasteiger partial charge in [-0.05, 0) is 29.8 Å². The van der Waals surface area contributed by atoms with Gasteiger partial charge in [0.05, 0.1) is 6.20 Å². The number of nitrogens with one attached hydrogen (secondary N) is 2. The van der Waals surface area contributed by atoms with Crippen LogP contribution >= 0.6 is 11.8 Å². The molecular formula is C17H15N5O2S. The number of primary amides is 1. The molecule has 0 saturated heterocycles. The fourth-order valence-corrected chi connectivity index (χ4v) is 3.10. The van der Waals surface area contributed by atoms with Gasteiger partial charge in [0.15, 0.2) is 0 Å². The number of amides is 2. The van der Waals surface area contributed by atoms with Crippen molar-refractivity contribution in [1.29, 1.82) is 0 Å². The summed E-state index contributed by atoms with van der Waals surface area (Å²) in [5.74, 6) is -0.715. The van der Waals surface area contributed by atoms with E-state index < -0.39 is 11.2 Å². The second-order valence-electron chi connectivity index (χ2n) is 5.15. The van der Waals surface area contributed by atoms with Crippen molar-refractivity contribution in [3.63, 3.8) is 0 Å². The number of hydrogen-bond donors (Lipinski definition) is 3. The summed E-state index contributed by atoms with van der Waals surface area (Å²) in [6.07, 6.45) is 1.57. The van der Waals surface area contributed by atoms with Crippen molar-refractivity contribution >= 4 is 29.3 Å². The molecule has 1 heterocycles. The summed E-state index contributed by atoms with van der Waals surface area (Å²) in [6, 6.07) is 15.8. The summed E-state index contributed by atoms with van der Waals surface area (Å²) < 4.78 is 0. The maximum absolute atomic E-state index is 12.8. The summed E-state index contributed by atoms with van der Waals surface area (Å²) in [5, 5.41) is 13.3. The Hall–Kier alpha value is -3.13. The molecule has 1 atom stereocenters. The van der Waals surface area contributed by atoms with E-state index >= 15 is 0 Å². The molecule has 0 radical (unpaired) electrons. The van der Waals surface area contributed by atoms with Crippen LogP contribution in [-0.2, 0) is 4.79 Å². The zero-order valence-electron chi connectivity index (χ0n) is 13.0. The summed E-state index contributed by atoms with van der Waals surface area (Å²) in [7, 11) is 0. The third-order valence-corrected chi connectivity index (χ3v) is 4.57. The lowest BCUT2D eigenvalue weighted by molar-refractivity contribution is -0.115. The highest BCUT2D eigenvalue weighted by Gasteiger charge is 2.23. The molecule has 126 valence electrons. The normalized spacial score (nSPS) is 11.7. The number of aromatic amines is 1. The Balaban J connectivity index is 1.80. The van der Waals surface area contributed by atoms with Crippen LogP contribution in [-0.4, -0.2) is 27.2 Å². The minimum Gasteiger partial charge on any atom is -0.366 e. The van der Waals surface area contributed by atoms with Crippen molar-refractivity contribution in [2.75, 3.05) is 5.32 Å². The number of nitrogens with two attached hydrogens (primary N) is 1. The number of nitrogens with zero attached hydrogens (tertiary/aromatic N) is 2. The van der Waals surface area contributed by atoms with Gasteiger partial charge < -0.3 is 11.1 Å². The van der Waals surface area contributed by atoms with Crippen LogP contribution < -0.4 is 11.1 Å². The van der Waals surface area contributed by atoms with Crippen LogP contribution in [0, 0.1) is 0 Å². The van der Waals surface area contributed by atoms with Gasteiger partial charge in [0, 0.05) is 11.3 Å². The molecule has 8 heteroatoms. The minimum atomic E-state index is -0.512. The van der Waals surface area contributed by atoms with Gasteiger partial charge in [-0.25, -0.2) is 0 Å². The molecule has 0 aliphatic heterocycles. The van der Waals surface area contributed by atoms with E-state index in [1.807, 2.05) is 30.3 Å². The van der Waals surface area contributed by atoms with E-state index in [9.17, 15) is 9.59 Å². The molecule has 0 aliphatic rings. The topological polar surface area (TPSA) is 114 Å². The summed E-state index contributed by atoms with van der Waals surface area (Å²) in [4.78, 5) is 23.9. The van der Waals surface area contributed by atoms with Crippen molar-refractivity contribution in [2.45, 2.75) is 10.3 Å². The Morgan fingerprint density at radius 2 is 1.80 bits per heavy atom. The first-order valence-corrected chi connectivity index (χ1v) is 8.29. The molecule has 0 saturated carbocycles. The predicted octanol–water partition coefficient (Wildman–Crippen LogP) is 2.38. The lowest BCUT2D eigenvalue weighted by Crippen LogP contribution is -2.19. The zero-order chi connectivity index (χ0) is 17.6. The van der Waals surface area contributed by atoms with Crippen molar-refractivity contribution in [2.24, 2.45) is 5.73 Å². The molecule has 0 bridgehead atoms. The maximum Gasteiger partial charge on any atom is 0.248 e. The fourth-order valence-electron chi connectivity index (χ4n) is 2.20. The lowest BCUT2D eigenvalue weighted by atomic mass is 10.1. The predicted molar refractivity (Wildman–Crippen MR) is 95.0 cm³/mol. The number of thioether (sulfide) groups is 1. The average molecular weight is 353 g/mol. The molecule has 3 aromatic rings. The highest BCUT2D eigenvalue weighted by molar-refractivity contribution is 8.00. The molecule has 25 heavy (non-hydrogen) atoms. The van der Waals surface area contributed by atoms with Crippen molar-refractivity contribution in [3.05, 3.63) is 71.9 Å². The molecule has 7 nitrogen and oxygen atoms in total. The SMILES string of the molecule is NC(=O)c1ccc(NC(=O)C(Sc2cn[nH]n2)c2ccccc2)cc1. The van der Waals surface area contributed by atoms with Crippen molar-refractivity contribution in [1.82, 2.24) is 15.4 Å². The quantitative estimate of drug-likeness (QED) is 0.589. The molecule has 1 aromatic heterocycles. The third-order valence-electron chi connectivity index (χ3n) is 3.41. The standard InChI is InChI=1S/C17H15N5O2S/c18-16(23)12-6-8-13(9-7-12)20-17(24)15(11-4-2-1-3-5-11)25-14-10-19-22-21-14/h1-10,15H,(H2,18,23)(H,20,24)(H,19,21,22). The molecular weight excluding hydrogens is 338 g/mol. The van der Waals surface area contributed by atoms with Gasteiger partial charge in [-0.1, -0.05) is 42.1 Å². The minimum absolute atomic E-state index is 0.203. The Morgan fingerprint density at radius 3 is 2.40 bits per heavy atom. The summed E-state index contributed by atoms with van der Waals surface area (Å²) in [6.45, 7) is 0. The largest absolute Gasteiger partial charge is 0.366 e. The number of H-pyrrole nitrogens is 1. The average Bonchev–Trinajstić information content (AvgIpc) is 3.14. The Bertz CT molecular complexity index is 851. The highest BCUT2D eigenvalue weighted by Crippen LogP contribution is 2.34. The van der Waals surface area contributed by atoms with Crippen LogP contribution in [0.15, 0.2) is 65.8 Å². The van der Waals surface area contributed by atoms with Gasteiger partial charge in [-0.2, -0.15) is 10.3 Å². The number of carbonyl (C=O) groups excluding carboxylic acids is 2. The van der Waals surface area contributed by atoms with E-state index in [0.29, 0.717) is 16.3 Å². The van der Waals surface area contributed by atoms with Crippen molar-refractivity contribution < 1.29 is 9.59 Å². The molecule has 0 spiro atoms. The summed E-state index contributed by atoms with van der Waals surface area (Å²) >= 11 is 1.29. The van der Waals surface area contributed by atoms with Gasteiger partial charge >= 0.3 is 0 Å². The molecule has 2 aromatic carbocycles. The Labute approximate surface area is 148 Å². The van der Waals surface area contributed by atoms with E-state index in [0.717, 1.165) is 5.56 Å². The first-order valence-electron chi connectivity index (χ1n) is 7.41. The number of rotatable bonds is 6. The van der Waals surface area contributed by atoms with Crippen LogP contribution in [0.4, 0.5) is 5.69 Å². The second kappa shape index (κ2) is 7.63. The van der Waals surface area contributed by atoms with Crippen LogP contribution in [0.25, 0.3) is 0 Å². The monoisotopic (exact) mass is 353 g/mol. The number of aromatic nitrogens is 3. The first kappa shape index (κ1) is 16.7. The van der Waals surface area contributed by atoms with E-state index in [4.69, 9.17) is 5.73 Å². The Kier molecular flexibility index (Phi) is 5.10. The third kappa shape index (κ3) is 4.24. The van der Waals surface area contributed by atoms with Crippen LogP contribution in [0.3, 0.4) is 0 Å². The van der Waals surface area contributed by atoms with Gasteiger partial charge in [0.25, 0.3) is 0 Å². The number of benzene rings is 2. The van der Waals surface area contributed by atoms with Gasteiger partial charge in [0.2, 0.25) is 11.8 Å². The molecule has 0 fully saturated rings. The van der Waals surface area contributed by atoms with Crippen LogP contribution in [0.1, 0.15) is 21.2 Å². The number of anilines is 1. The highest BCUT2D eigenvalue weighted by atomic mass is 32.2. The van der Waals surface area contributed by atoms with Gasteiger partial charge in [-0.3, -0.25) is 9.59 Å². The van der Waals surface area contributed by atoms with E-state index in [-0.39, 0.29) is 5.91 Å². The van der Waals surface area contributed by atoms with Crippen LogP contribution in [0.5, 0.6) is 0 Å². The molecule has 4 N–H and O–H groups in total. The maximum atomic E-state index is 12.8. The first-order chi connectivity index (χ1) is 12.1. The molecule has 2 amide bonds. The van der Waals surface area contributed by atoms with Gasteiger partial charge in [0.1, 0.15) is 10.3 Å². The zero-order valence-corrected chi connectivity index (χ0v) is 13.9. The van der Waals surface area contributed by atoms with E-state index in [1.165, 1.54) is 11.8 Å². The number of hydrogen-bond acceptors (Lipinski definition) is 5. The number of carbonyl (C=O) groups is 2. The Morgan fingerprint density at radius 1 is 1.08 bits per heavy atom. The summed E-state index contributed by atoms with van der Waals surface area (Å²) in [5.41, 5.74) is 7.03. The lowest BCUT2D eigenvalue weighted by Gasteiger charge is -2.16. The van der Waals surface area contributed by atoms with E-state index in [1.54, 1.807) is 30.5 Å². The van der Waals surface area contributed by atoms with Crippen LogP contribution in [0.2, 0.25) is 0 Å².